The number of halogens is 1. The second-order valence-electron chi connectivity index (χ2n) is 4.97. The Balaban J connectivity index is 2.29. The van der Waals surface area contributed by atoms with Crippen molar-refractivity contribution in [3.63, 3.8) is 0 Å². The first kappa shape index (κ1) is 16.4. The van der Waals surface area contributed by atoms with Crippen molar-refractivity contribution in [2.75, 3.05) is 20.2 Å². The fourth-order valence-corrected chi connectivity index (χ4v) is 3.58. The summed E-state index contributed by atoms with van der Waals surface area (Å²) in [4.78, 5) is 14.1. The predicted octanol–water partition coefficient (Wildman–Crippen LogP) is 1.35. The van der Waals surface area contributed by atoms with Gasteiger partial charge in [0.05, 0.1) is 11.0 Å². The maximum atomic E-state index is 12.5. The standard InChI is InChI=1S/C13H17BrN2O4S/c1-20-11-3-2-4-16(8-11)13(17)9-5-10(14)7-12(6-9)21(15,18)19/h5-7,11H,2-4,8H2,1H3,(H2,15,18,19). The number of carbonyl (C=O) groups excluding carboxylic acids is 1. The zero-order valence-corrected chi connectivity index (χ0v) is 14.0. The summed E-state index contributed by atoms with van der Waals surface area (Å²) in [6.07, 6.45) is 1.80. The molecule has 2 rings (SSSR count). The minimum atomic E-state index is -3.85. The topological polar surface area (TPSA) is 89.7 Å². The molecule has 0 spiro atoms. The second-order valence-corrected chi connectivity index (χ2v) is 7.45. The Bertz CT molecular complexity index is 648. The number of amides is 1. The maximum absolute atomic E-state index is 12.5. The summed E-state index contributed by atoms with van der Waals surface area (Å²) < 4.78 is 28.7. The van der Waals surface area contributed by atoms with E-state index < -0.39 is 10.0 Å². The first-order valence-corrected chi connectivity index (χ1v) is 8.80. The number of ether oxygens (including phenoxy) is 1. The second kappa shape index (κ2) is 6.43. The average molecular weight is 377 g/mol. The van der Waals surface area contributed by atoms with Crippen LogP contribution < -0.4 is 5.14 Å². The van der Waals surface area contributed by atoms with Gasteiger partial charge >= 0.3 is 0 Å². The van der Waals surface area contributed by atoms with Crippen LogP contribution >= 0.6 is 15.9 Å². The number of likely N-dealkylation sites (tertiary alicyclic amines) is 1. The lowest BCUT2D eigenvalue weighted by atomic mass is 10.1. The number of carbonyl (C=O) groups is 1. The van der Waals surface area contributed by atoms with Crippen LogP contribution in [0, 0.1) is 0 Å². The molecule has 0 aromatic heterocycles. The number of hydrogen-bond donors (Lipinski definition) is 1. The van der Waals surface area contributed by atoms with E-state index in [0.29, 0.717) is 23.1 Å². The molecule has 1 amide bonds. The van der Waals surface area contributed by atoms with Gasteiger partial charge in [0.2, 0.25) is 10.0 Å². The van der Waals surface area contributed by atoms with Gasteiger partial charge in [-0.25, -0.2) is 13.6 Å². The van der Waals surface area contributed by atoms with Crippen LogP contribution in [0.5, 0.6) is 0 Å². The Hall–Kier alpha value is -0.960. The number of benzene rings is 1. The Morgan fingerprint density at radius 2 is 2.14 bits per heavy atom. The first-order valence-electron chi connectivity index (χ1n) is 6.46. The van der Waals surface area contributed by atoms with Crippen LogP contribution in [0.1, 0.15) is 23.2 Å². The van der Waals surface area contributed by atoms with E-state index in [4.69, 9.17) is 9.88 Å². The third kappa shape index (κ3) is 4.03. The summed E-state index contributed by atoms with van der Waals surface area (Å²) in [5.41, 5.74) is 0.296. The molecule has 2 N–H and O–H groups in total. The largest absolute Gasteiger partial charge is 0.380 e. The van der Waals surface area contributed by atoms with E-state index in [1.54, 1.807) is 18.1 Å². The maximum Gasteiger partial charge on any atom is 0.254 e. The third-order valence-corrected chi connectivity index (χ3v) is 4.80. The van der Waals surface area contributed by atoms with Crippen molar-refractivity contribution in [2.45, 2.75) is 23.8 Å². The molecule has 1 saturated heterocycles. The summed E-state index contributed by atoms with van der Waals surface area (Å²) >= 11 is 3.21. The van der Waals surface area contributed by atoms with Gasteiger partial charge < -0.3 is 9.64 Å². The molecular weight excluding hydrogens is 360 g/mol. The van der Waals surface area contributed by atoms with Crippen molar-refractivity contribution in [2.24, 2.45) is 5.14 Å². The van der Waals surface area contributed by atoms with Crippen LogP contribution in [-0.2, 0) is 14.8 Å². The molecule has 1 heterocycles. The molecular formula is C13H17BrN2O4S. The summed E-state index contributed by atoms with van der Waals surface area (Å²) in [6, 6.07) is 4.27. The highest BCUT2D eigenvalue weighted by Crippen LogP contribution is 2.22. The molecule has 0 saturated carbocycles. The molecule has 1 aliphatic rings. The monoisotopic (exact) mass is 376 g/mol. The minimum absolute atomic E-state index is 0.0209. The van der Waals surface area contributed by atoms with Crippen molar-refractivity contribution in [3.05, 3.63) is 28.2 Å². The molecule has 1 unspecified atom stereocenters. The summed E-state index contributed by atoms with van der Waals surface area (Å²) in [5.74, 6) is -0.219. The highest BCUT2D eigenvalue weighted by Gasteiger charge is 2.25. The van der Waals surface area contributed by atoms with Crippen LogP contribution in [0.25, 0.3) is 0 Å². The number of nitrogens with zero attached hydrogens (tertiary/aromatic N) is 1. The van der Waals surface area contributed by atoms with Crippen LogP contribution in [0.15, 0.2) is 27.6 Å². The summed E-state index contributed by atoms with van der Waals surface area (Å²) in [7, 11) is -2.23. The molecule has 0 aliphatic carbocycles. The molecule has 1 atom stereocenters. The van der Waals surface area contributed by atoms with E-state index in [9.17, 15) is 13.2 Å². The predicted molar refractivity (Wildman–Crippen MR) is 81.4 cm³/mol. The number of hydrogen-bond acceptors (Lipinski definition) is 4. The van der Waals surface area contributed by atoms with Gasteiger partial charge in [0.25, 0.3) is 5.91 Å². The molecule has 1 aromatic carbocycles. The smallest absolute Gasteiger partial charge is 0.254 e. The highest BCUT2D eigenvalue weighted by molar-refractivity contribution is 9.10. The Labute approximate surface area is 132 Å². The highest BCUT2D eigenvalue weighted by atomic mass is 79.9. The van der Waals surface area contributed by atoms with Crippen LogP contribution in [0.3, 0.4) is 0 Å². The molecule has 1 fully saturated rings. The van der Waals surface area contributed by atoms with Crippen molar-refractivity contribution in [1.29, 1.82) is 0 Å². The number of sulfonamides is 1. The molecule has 0 bridgehead atoms. The van der Waals surface area contributed by atoms with Crippen LogP contribution in [-0.4, -0.2) is 45.5 Å². The van der Waals surface area contributed by atoms with Crippen LogP contribution in [0.4, 0.5) is 0 Å². The Morgan fingerprint density at radius 3 is 2.76 bits per heavy atom. The molecule has 21 heavy (non-hydrogen) atoms. The van der Waals surface area contributed by atoms with Gasteiger partial charge in [-0.2, -0.15) is 0 Å². The number of primary sulfonamides is 1. The van der Waals surface area contributed by atoms with E-state index >= 15 is 0 Å². The van der Waals surface area contributed by atoms with Gasteiger partial charge in [0.1, 0.15) is 0 Å². The average Bonchev–Trinajstić information content (AvgIpc) is 2.45. The lowest BCUT2D eigenvalue weighted by molar-refractivity contribution is 0.0269. The Morgan fingerprint density at radius 1 is 1.43 bits per heavy atom. The van der Waals surface area contributed by atoms with E-state index in [0.717, 1.165) is 12.8 Å². The van der Waals surface area contributed by atoms with Crippen molar-refractivity contribution in [3.8, 4) is 0 Å². The van der Waals surface area contributed by atoms with Gasteiger partial charge in [0, 0.05) is 30.2 Å². The first-order chi connectivity index (χ1) is 9.81. The van der Waals surface area contributed by atoms with Gasteiger partial charge in [-0.3, -0.25) is 4.79 Å². The van der Waals surface area contributed by atoms with Gasteiger partial charge in [0.15, 0.2) is 0 Å². The SMILES string of the molecule is COC1CCCN(C(=O)c2cc(Br)cc(S(N)(=O)=O)c2)C1. The fourth-order valence-electron chi connectivity index (χ4n) is 2.35. The fraction of sp³-hybridized carbons (Fsp3) is 0.462. The van der Waals surface area contributed by atoms with E-state index in [2.05, 4.69) is 15.9 Å². The number of piperidine rings is 1. The van der Waals surface area contributed by atoms with E-state index in [-0.39, 0.29) is 16.9 Å². The molecule has 1 aromatic rings. The third-order valence-electron chi connectivity index (χ3n) is 3.45. The number of nitrogens with two attached hydrogens (primary N) is 1. The van der Waals surface area contributed by atoms with Crippen molar-refractivity contribution < 1.29 is 17.9 Å². The van der Waals surface area contributed by atoms with Crippen molar-refractivity contribution in [1.82, 2.24) is 4.90 Å². The number of rotatable bonds is 3. The molecule has 6 nitrogen and oxygen atoms in total. The van der Waals surface area contributed by atoms with Crippen molar-refractivity contribution >= 4 is 31.9 Å². The normalized spacial score (nSPS) is 19.6. The van der Waals surface area contributed by atoms with Crippen LogP contribution in [0.2, 0.25) is 0 Å². The van der Waals surface area contributed by atoms with E-state index in [1.807, 2.05) is 0 Å². The molecule has 116 valence electrons. The molecule has 8 heteroatoms. The van der Waals surface area contributed by atoms with Gasteiger partial charge in [-0.05, 0) is 31.0 Å². The van der Waals surface area contributed by atoms with Gasteiger partial charge in [-0.15, -0.1) is 0 Å². The van der Waals surface area contributed by atoms with E-state index in [1.165, 1.54) is 12.1 Å². The zero-order chi connectivity index (χ0) is 15.6. The lowest BCUT2D eigenvalue weighted by Gasteiger charge is -2.32. The minimum Gasteiger partial charge on any atom is -0.380 e. The summed E-state index contributed by atoms with van der Waals surface area (Å²) in [6.45, 7) is 1.14. The van der Waals surface area contributed by atoms with Gasteiger partial charge in [-0.1, -0.05) is 15.9 Å². The zero-order valence-electron chi connectivity index (χ0n) is 11.6. The number of methoxy groups -OCH3 is 1. The quantitative estimate of drug-likeness (QED) is 0.861. The molecule has 1 aliphatic heterocycles. The Kier molecular flexibility index (Phi) is 5.03. The molecule has 0 radical (unpaired) electrons. The lowest BCUT2D eigenvalue weighted by Crippen LogP contribution is -2.42. The summed E-state index contributed by atoms with van der Waals surface area (Å²) in [5, 5.41) is 5.12.